The van der Waals surface area contributed by atoms with Gasteiger partial charge < -0.3 is 5.32 Å². The highest BCUT2D eigenvalue weighted by atomic mass is 32.1. The first-order valence-corrected chi connectivity index (χ1v) is 11.1. The number of hydrogen-bond acceptors (Lipinski definition) is 5. The Morgan fingerprint density at radius 3 is 2.79 bits per heavy atom. The highest BCUT2D eigenvalue weighted by Gasteiger charge is 2.52. The molecule has 3 heterocycles. The largest absolute Gasteiger partial charge is 0.326 e. The molecule has 2 aromatic rings. The highest BCUT2D eigenvalue weighted by molar-refractivity contribution is 7.18. The molecule has 28 heavy (non-hydrogen) atoms. The maximum absolute atomic E-state index is 13.2. The van der Waals surface area contributed by atoms with Gasteiger partial charge in [-0.3, -0.25) is 9.69 Å². The van der Waals surface area contributed by atoms with Gasteiger partial charge in [-0.1, -0.05) is 19.1 Å². The zero-order chi connectivity index (χ0) is 19.3. The Hall–Kier alpha value is -1.99. The molecule has 148 valence electrons. The maximum Gasteiger partial charge on any atom is 0.326 e. The van der Waals surface area contributed by atoms with Gasteiger partial charge in [0.15, 0.2) is 0 Å². The maximum atomic E-state index is 13.2. The summed E-state index contributed by atoms with van der Waals surface area (Å²) in [6.45, 7) is 3.48. The predicted molar refractivity (Wildman–Crippen MR) is 109 cm³/mol. The Morgan fingerprint density at radius 2 is 2.00 bits per heavy atom. The fourth-order valence-corrected chi connectivity index (χ4v) is 6.02. The number of aromatic nitrogens is 1. The van der Waals surface area contributed by atoms with E-state index in [9.17, 15) is 9.59 Å². The number of urea groups is 1. The third-order valence-electron chi connectivity index (χ3n) is 6.66. The molecule has 1 saturated carbocycles. The summed E-state index contributed by atoms with van der Waals surface area (Å²) in [6, 6.07) is 8.14. The molecular weight excluding hydrogens is 372 g/mol. The first-order chi connectivity index (χ1) is 13.6. The number of carbonyl (C=O) groups is 2. The van der Waals surface area contributed by atoms with Crippen LogP contribution in [-0.2, 0) is 4.79 Å². The van der Waals surface area contributed by atoms with Crippen molar-refractivity contribution in [2.24, 2.45) is 5.92 Å². The number of rotatable bonds is 3. The fourth-order valence-electron chi connectivity index (χ4n) is 4.89. The fraction of sp³-hybridized carbons (Fsp3) is 0.571. The van der Waals surface area contributed by atoms with Crippen LogP contribution in [-0.4, -0.2) is 45.5 Å². The first-order valence-electron chi connectivity index (χ1n) is 10.3. The molecule has 1 spiro atoms. The van der Waals surface area contributed by atoms with Crippen LogP contribution in [0, 0.1) is 5.92 Å². The van der Waals surface area contributed by atoms with Crippen molar-refractivity contribution in [3.05, 3.63) is 29.3 Å². The van der Waals surface area contributed by atoms with E-state index in [2.05, 4.69) is 23.2 Å². The van der Waals surface area contributed by atoms with Crippen LogP contribution in [0.25, 0.3) is 10.2 Å². The van der Waals surface area contributed by atoms with Gasteiger partial charge in [0.2, 0.25) is 0 Å². The minimum atomic E-state index is -0.658. The summed E-state index contributed by atoms with van der Waals surface area (Å²) in [4.78, 5) is 34.4. The molecule has 6 nitrogen and oxygen atoms in total. The van der Waals surface area contributed by atoms with Gasteiger partial charge >= 0.3 is 6.03 Å². The lowest BCUT2D eigenvalue weighted by Gasteiger charge is -2.34. The third kappa shape index (κ3) is 2.92. The first kappa shape index (κ1) is 18.1. The predicted octanol–water partition coefficient (Wildman–Crippen LogP) is 3.89. The van der Waals surface area contributed by atoms with Crippen LogP contribution in [0.15, 0.2) is 24.3 Å². The number of nitrogens with one attached hydrogen (secondary N) is 1. The van der Waals surface area contributed by atoms with Crippen molar-refractivity contribution in [2.75, 3.05) is 13.2 Å². The van der Waals surface area contributed by atoms with Gasteiger partial charge in [-0.2, -0.15) is 0 Å². The third-order valence-corrected chi connectivity index (χ3v) is 7.79. The van der Waals surface area contributed by atoms with Crippen LogP contribution in [0.2, 0.25) is 0 Å². The quantitative estimate of drug-likeness (QED) is 0.797. The second-order valence-corrected chi connectivity index (χ2v) is 9.62. The average Bonchev–Trinajstić information content (AvgIpc) is 3.38. The Morgan fingerprint density at radius 1 is 1.21 bits per heavy atom. The number of nitrogens with zero attached hydrogens (tertiary/aromatic N) is 3. The molecule has 7 heteroatoms. The summed E-state index contributed by atoms with van der Waals surface area (Å²) >= 11 is 1.72. The number of imide groups is 1. The molecule has 1 aliphatic carbocycles. The van der Waals surface area contributed by atoms with Crippen LogP contribution < -0.4 is 5.32 Å². The Labute approximate surface area is 168 Å². The molecule has 2 saturated heterocycles. The van der Waals surface area contributed by atoms with E-state index in [4.69, 9.17) is 4.98 Å². The number of carbonyl (C=O) groups excluding carboxylic acids is 2. The minimum Gasteiger partial charge on any atom is -0.323 e. The Balaban J connectivity index is 1.35. The zero-order valence-electron chi connectivity index (χ0n) is 16.2. The molecule has 3 aliphatic rings. The average molecular weight is 399 g/mol. The molecule has 1 aromatic heterocycles. The van der Waals surface area contributed by atoms with Crippen molar-refractivity contribution in [3.63, 3.8) is 0 Å². The summed E-state index contributed by atoms with van der Waals surface area (Å²) in [5.41, 5.74) is 0.369. The van der Waals surface area contributed by atoms with E-state index in [1.165, 1.54) is 9.60 Å². The lowest BCUT2D eigenvalue weighted by molar-refractivity contribution is -0.134. The molecule has 0 unspecified atom stereocenters. The summed E-state index contributed by atoms with van der Waals surface area (Å²) in [7, 11) is 0. The van der Waals surface area contributed by atoms with Gasteiger partial charge in [-0.25, -0.2) is 14.7 Å². The molecule has 2 aliphatic heterocycles. The molecular formula is C21H26N4O2S. The van der Waals surface area contributed by atoms with Gasteiger partial charge in [0, 0.05) is 6.54 Å². The number of benzene rings is 1. The molecule has 0 radical (unpaired) electrons. The van der Waals surface area contributed by atoms with E-state index in [0.717, 1.165) is 55.6 Å². The lowest BCUT2D eigenvalue weighted by atomic mass is 9.77. The number of para-hydroxylation sites is 1. The smallest absolute Gasteiger partial charge is 0.323 e. The number of likely N-dealkylation sites (tertiary alicyclic amines) is 1. The van der Waals surface area contributed by atoms with E-state index in [-0.39, 0.29) is 18.0 Å². The van der Waals surface area contributed by atoms with Crippen molar-refractivity contribution < 1.29 is 9.59 Å². The number of amides is 3. The van der Waals surface area contributed by atoms with E-state index >= 15 is 0 Å². The van der Waals surface area contributed by atoms with Crippen LogP contribution in [0.1, 0.15) is 56.5 Å². The second kappa shape index (κ2) is 6.81. The summed E-state index contributed by atoms with van der Waals surface area (Å²) in [5.74, 6) is 0.603. The summed E-state index contributed by atoms with van der Waals surface area (Å²) < 4.78 is 1.19. The van der Waals surface area contributed by atoms with Gasteiger partial charge in [-0.15, -0.1) is 11.3 Å². The van der Waals surface area contributed by atoms with Crippen molar-refractivity contribution >= 4 is 33.5 Å². The number of fused-ring (bicyclic) bond motifs is 1. The topological polar surface area (TPSA) is 65.5 Å². The SMILES string of the molecule is CC1CCC2(CC1)NC(=O)N(CN1CCC[C@@H]1c1nc3ccccc3s1)C2=O. The molecule has 3 amide bonds. The molecule has 1 N–H and O–H groups in total. The van der Waals surface area contributed by atoms with Gasteiger partial charge in [-0.05, 0) is 56.6 Å². The van der Waals surface area contributed by atoms with Crippen LogP contribution in [0.4, 0.5) is 4.79 Å². The number of hydrogen-bond donors (Lipinski definition) is 1. The standard InChI is InChI=1S/C21H26N4O2S/c1-14-8-10-21(11-9-14)19(26)25(20(27)23-21)13-24-12-4-6-16(24)18-22-15-5-2-3-7-17(15)28-18/h2-3,5,7,14,16H,4,6,8-13H2,1H3,(H,23,27)/t14?,16-,21?/m1/s1. The molecule has 1 atom stereocenters. The minimum absolute atomic E-state index is 0.0284. The Bertz CT molecular complexity index is 885. The van der Waals surface area contributed by atoms with E-state index in [0.29, 0.717) is 12.6 Å². The second-order valence-electron chi connectivity index (χ2n) is 8.56. The van der Waals surface area contributed by atoms with E-state index in [1.54, 1.807) is 11.3 Å². The van der Waals surface area contributed by atoms with Crippen LogP contribution >= 0.6 is 11.3 Å². The van der Waals surface area contributed by atoms with Crippen molar-refractivity contribution in [1.29, 1.82) is 0 Å². The number of thiazole rings is 1. The van der Waals surface area contributed by atoms with Crippen LogP contribution in [0.5, 0.6) is 0 Å². The Kier molecular flexibility index (Phi) is 4.39. The van der Waals surface area contributed by atoms with Crippen molar-refractivity contribution in [3.8, 4) is 0 Å². The van der Waals surface area contributed by atoms with Crippen molar-refractivity contribution in [2.45, 2.75) is 57.0 Å². The normalized spacial score (nSPS) is 31.2. The molecule has 3 fully saturated rings. The lowest BCUT2D eigenvalue weighted by Crippen LogP contribution is -2.50. The van der Waals surface area contributed by atoms with Gasteiger partial charge in [0.1, 0.15) is 10.5 Å². The van der Waals surface area contributed by atoms with E-state index < -0.39 is 5.54 Å². The molecule has 5 rings (SSSR count). The highest BCUT2D eigenvalue weighted by Crippen LogP contribution is 2.39. The monoisotopic (exact) mass is 398 g/mol. The summed E-state index contributed by atoms with van der Waals surface area (Å²) in [6.07, 6.45) is 5.60. The van der Waals surface area contributed by atoms with Crippen molar-refractivity contribution in [1.82, 2.24) is 20.1 Å². The zero-order valence-corrected chi connectivity index (χ0v) is 17.0. The van der Waals surface area contributed by atoms with Gasteiger partial charge in [0.05, 0.1) is 22.9 Å². The molecule has 0 bridgehead atoms. The van der Waals surface area contributed by atoms with Crippen LogP contribution in [0.3, 0.4) is 0 Å². The van der Waals surface area contributed by atoms with Gasteiger partial charge in [0.25, 0.3) is 5.91 Å². The van der Waals surface area contributed by atoms with E-state index in [1.807, 2.05) is 18.2 Å². The molecule has 1 aromatic carbocycles. The summed E-state index contributed by atoms with van der Waals surface area (Å²) in [5, 5.41) is 4.13.